The van der Waals surface area contributed by atoms with Gasteiger partial charge < -0.3 is 5.73 Å². The van der Waals surface area contributed by atoms with Gasteiger partial charge >= 0.3 is 0 Å². The Bertz CT molecular complexity index is 163. The minimum Gasteiger partial charge on any atom is -0.330 e. The lowest BCUT2D eigenvalue weighted by atomic mass is 9.76. The van der Waals surface area contributed by atoms with E-state index in [2.05, 4.69) is 20.8 Å². The predicted octanol–water partition coefficient (Wildman–Crippen LogP) is 3.58. The molecule has 0 aliphatic heterocycles. The maximum absolute atomic E-state index is 5.99. The van der Waals surface area contributed by atoms with E-state index in [-0.39, 0.29) is 0 Å². The van der Waals surface area contributed by atoms with Gasteiger partial charge in [0.15, 0.2) is 0 Å². The van der Waals surface area contributed by atoms with E-state index in [1.165, 1.54) is 38.5 Å². The Balaban J connectivity index is 2.53. The smallest absolute Gasteiger partial charge is 0.00203 e. The molecule has 0 bridgehead atoms. The fourth-order valence-corrected chi connectivity index (χ4v) is 3.14. The van der Waals surface area contributed by atoms with Gasteiger partial charge in [-0.15, -0.1) is 0 Å². The molecule has 1 fully saturated rings. The second-order valence-electron chi connectivity index (χ2n) is 5.44. The van der Waals surface area contributed by atoms with Crippen LogP contribution in [0, 0.1) is 17.3 Å². The number of hydrogen-bond acceptors (Lipinski definition) is 1. The maximum Gasteiger partial charge on any atom is -0.00203 e. The summed E-state index contributed by atoms with van der Waals surface area (Å²) in [6.45, 7) is 7.92. The second kappa shape index (κ2) is 5.16. The van der Waals surface area contributed by atoms with Gasteiger partial charge in [-0.1, -0.05) is 40.0 Å². The topological polar surface area (TPSA) is 26.0 Å². The summed E-state index contributed by atoms with van der Waals surface area (Å²) >= 11 is 0. The maximum atomic E-state index is 5.99. The molecule has 0 radical (unpaired) electrons. The van der Waals surface area contributed by atoms with Crippen LogP contribution in [-0.2, 0) is 0 Å². The first-order valence-corrected chi connectivity index (χ1v) is 6.36. The highest BCUT2D eigenvalue weighted by atomic mass is 14.6. The van der Waals surface area contributed by atoms with E-state index in [4.69, 9.17) is 5.73 Å². The van der Waals surface area contributed by atoms with Crippen molar-refractivity contribution in [1.29, 1.82) is 0 Å². The van der Waals surface area contributed by atoms with Crippen LogP contribution >= 0.6 is 0 Å². The summed E-state index contributed by atoms with van der Waals surface area (Å²) in [4.78, 5) is 0. The van der Waals surface area contributed by atoms with Gasteiger partial charge in [-0.3, -0.25) is 0 Å². The Morgan fingerprint density at radius 1 is 1.36 bits per heavy atom. The van der Waals surface area contributed by atoms with Crippen molar-refractivity contribution < 1.29 is 0 Å². The lowest BCUT2D eigenvalue weighted by Gasteiger charge is -2.31. The average molecular weight is 197 g/mol. The lowest BCUT2D eigenvalue weighted by Crippen LogP contribution is -2.30. The van der Waals surface area contributed by atoms with E-state index in [0.717, 1.165) is 18.4 Å². The number of hydrogen-bond donors (Lipinski definition) is 1. The molecule has 1 nitrogen and oxygen atoms in total. The van der Waals surface area contributed by atoms with Gasteiger partial charge in [-0.05, 0) is 43.1 Å². The number of nitrogens with two attached hydrogens (primary N) is 1. The third-order valence-corrected chi connectivity index (χ3v) is 4.26. The van der Waals surface area contributed by atoms with Crippen molar-refractivity contribution in [3.8, 4) is 0 Å². The molecular weight excluding hydrogens is 170 g/mol. The van der Waals surface area contributed by atoms with Crippen LogP contribution in [0.2, 0.25) is 0 Å². The largest absolute Gasteiger partial charge is 0.330 e. The molecule has 2 N–H and O–H groups in total. The van der Waals surface area contributed by atoms with E-state index in [9.17, 15) is 0 Å². The highest BCUT2D eigenvalue weighted by Gasteiger charge is 2.37. The van der Waals surface area contributed by atoms with Crippen LogP contribution in [0.5, 0.6) is 0 Å². The molecule has 0 aromatic rings. The molecule has 1 saturated carbocycles. The summed E-state index contributed by atoms with van der Waals surface area (Å²) in [6.07, 6.45) is 8.18. The van der Waals surface area contributed by atoms with Gasteiger partial charge in [-0.25, -0.2) is 0 Å². The molecule has 1 rings (SSSR count). The Morgan fingerprint density at radius 2 is 2.00 bits per heavy atom. The molecule has 1 heteroatoms. The van der Waals surface area contributed by atoms with Crippen LogP contribution in [-0.4, -0.2) is 6.54 Å². The van der Waals surface area contributed by atoms with Crippen LogP contribution < -0.4 is 5.73 Å². The van der Waals surface area contributed by atoms with Crippen molar-refractivity contribution >= 4 is 0 Å². The highest BCUT2D eigenvalue weighted by molar-refractivity contribution is 4.89. The number of rotatable bonds is 5. The Labute approximate surface area is 89.5 Å². The summed E-state index contributed by atoms with van der Waals surface area (Å²) in [6, 6.07) is 0. The van der Waals surface area contributed by atoms with Gasteiger partial charge in [0.05, 0.1) is 0 Å². The summed E-state index contributed by atoms with van der Waals surface area (Å²) in [5.74, 6) is 1.82. The summed E-state index contributed by atoms with van der Waals surface area (Å²) in [5, 5.41) is 0. The first-order valence-electron chi connectivity index (χ1n) is 6.36. The Hall–Kier alpha value is -0.0400. The first-order chi connectivity index (χ1) is 6.65. The molecule has 2 unspecified atom stereocenters. The molecule has 0 aromatic heterocycles. The van der Waals surface area contributed by atoms with Crippen LogP contribution in [0.4, 0.5) is 0 Å². The SMILES string of the molecule is CCC(CC)CC1(CN)CCC(C)C1. The average Bonchev–Trinajstić information content (AvgIpc) is 2.57. The zero-order valence-electron chi connectivity index (χ0n) is 10.2. The molecule has 2 atom stereocenters. The summed E-state index contributed by atoms with van der Waals surface area (Å²) < 4.78 is 0. The summed E-state index contributed by atoms with van der Waals surface area (Å²) in [5.41, 5.74) is 6.50. The third-order valence-electron chi connectivity index (χ3n) is 4.26. The van der Waals surface area contributed by atoms with E-state index in [1.807, 2.05) is 0 Å². The lowest BCUT2D eigenvalue weighted by molar-refractivity contribution is 0.214. The van der Waals surface area contributed by atoms with Gasteiger partial charge in [-0.2, -0.15) is 0 Å². The van der Waals surface area contributed by atoms with Crippen LogP contribution in [0.1, 0.15) is 59.3 Å². The predicted molar refractivity (Wildman–Crippen MR) is 63.2 cm³/mol. The molecular formula is C13H27N. The fourth-order valence-electron chi connectivity index (χ4n) is 3.14. The van der Waals surface area contributed by atoms with E-state index >= 15 is 0 Å². The van der Waals surface area contributed by atoms with Crippen molar-refractivity contribution in [2.45, 2.75) is 59.3 Å². The van der Waals surface area contributed by atoms with Gasteiger partial charge in [0.25, 0.3) is 0 Å². The van der Waals surface area contributed by atoms with Crippen LogP contribution in [0.25, 0.3) is 0 Å². The molecule has 0 heterocycles. The van der Waals surface area contributed by atoms with Crippen LogP contribution in [0.15, 0.2) is 0 Å². The minimum atomic E-state index is 0.510. The quantitative estimate of drug-likeness (QED) is 0.716. The molecule has 0 saturated heterocycles. The zero-order chi connectivity index (χ0) is 10.6. The Kier molecular flexibility index (Phi) is 4.43. The van der Waals surface area contributed by atoms with Crippen molar-refractivity contribution in [2.24, 2.45) is 23.0 Å². The zero-order valence-corrected chi connectivity index (χ0v) is 10.2. The van der Waals surface area contributed by atoms with E-state index in [0.29, 0.717) is 5.41 Å². The molecule has 0 spiro atoms. The van der Waals surface area contributed by atoms with Crippen molar-refractivity contribution in [3.05, 3.63) is 0 Å². The Morgan fingerprint density at radius 3 is 2.36 bits per heavy atom. The summed E-state index contributed by atoms with van der Waals surface area (Å²) in [7, 11) is 0. The van der Waals surface area contributed by atoms with Crippen molar-refractivity contribution in [2.75, 3.05) is 6.54 Å². The standard InChI is InChI=1S/C13H27N/c1-4-12(5-2)9-13(10-14)7-6-11(3)8-13/h11-12H,4-10,14H2,1-3H3. The van der Waals surface area contributed by atoms with Crippen LogP contribution in [0.3, 0.4) is 0 Å². The van der Waals surface area contributed by atoms with E-state index in [1.54, 1.807) is 0 Å². The second-order valence-corrected chi connectivity index (χ2v) is 5.44. The highest BCUT2D eigenvalue weighted by Crippen LogP contribution is 2.46. The fraction of sp³-hybridized carbons (Fsp3) is 1.00. The molecule has 1 aliphatic rings. The van der Waals surface area contributed by atoms with Gasteiger partial charge in [0, 0.05) is 0 Å². The van der Waals surface area contributed by atoms with E-state index < -0.39 is 0 Å². The first kappa shape index (κ1) is 12.0. The molecule has 84 valence electrons. The molecule has 0 amide bonds. The van der Waals surface area contributed by atoms with Crippen molar-refractivity contribution in [1.82, 2.24) is 0 Å². The third kappa shape index (κ3) is 2.73. The molecule has 14 heavy (non-hydrogen) atoms. The van der Waals surface area contributed by atoms with Gasteiger partial charge in [0.1, 0.15) is 0 Å². The van der Waals surface area contributed by atoms with Gasteiger partial charge in [0.2, 0.25) is 0 Å². The monoisotopic (exact) mass is 197 g/mol. The minimum absolute atomic E-state index is 0.510. The molecule has 1 aliphatic carbocycles. The molecule has 0 aromatic carbocycles. The normalized spacial score (nSPS) is 32.8. The van der Waals surface area contributed by atoms with Crippen molar-refractivity contribution in [3.63, 3.8) is 0 Å².